The van der Waals surface area contributed by atoms with Gasteiger partial charge in [-0.2, -0.15) is 12.7 Å². The average Bonchev–Trinajstić information content (AvgIpc) is 2.29. The van der Waals surface area contributed by atoms with Gasteiger partial charge >= 0.3 is 0 Å². The van der Waals surface area contributed by atoms with Gasteiger partial charge in [0.15, 0.2) is 0 Å². The molecule has 0 aromatic carbocycles. The van der Waals surface area contributed by atoms with E-state index < -0.39 is 10.2 Å². The van der Waals surface area contributed by atoms with Crippen molar-refractivity contribution < 1.29 is 8.42 Å². The van der Waals surface area contributed by atoms with Gasteiger partial charge in [-0.3, -0.25) is 0 Å². The molecule has 1 aliphatic rings. The largest absolute Gasteiger partial charge is 0.318 e. The monoisotopic (exact) mass is 249 g/mol. The summed E-state index contributed by atoms with van der Waals surface area (Å²) in [6.45, 7) is 1.09. The third kappa shape index (κ3) is 4.01. The van der Waals surface area contributed by atoms with Gasteiger partial charge in [-0.05, 0) is 19.9 Å². The second-order valence-electron chi connectivity index (χ2n) is 4.31. The molecule has 96 valence electrons. The summed E-state index contributed by atoms with van der Waals surface area (Å²) in [5.74, 6) is 0. The van der Waals surface area contributed by atoms with E-state index in [1.165, 1.54) is 10.7 Å². The molecule has 1 fully saturated rings. The molecule has 0 atom stereocenters. The molecular formula is C10H23N3O2S. The topological polar surface area (TPSA) is 61.4 Å². The lowest BCUT2D eigenvalue weighted by Crippen LogP contribution is -2.46. The van der Waals surface area contributed by atoms with Gasteiger partial charge in [-0.1, -0.05) is 19.3 Å². The summed E-state index contributed by atoms with van der Waals surface area (Å²) in [5.41, 5.74) is 0. The van der Waals surface area contributed by atoms with Gasteiger partial charge in [0.2, 0.25) is 0 Å². The van der Waals surface area contributed by atoms with Crippen molar-refractivity contribution in [3.63, 3.8) is 0 Å². The maximum absolute atomic E-state index is 11.9. The van der Waals surface area contributed by atoms with Crippen LogP contribution in [0.15, 0.2) is 0 Å². The molecule has 1 aliphatic carbocycles. The number of likely N-dealkylation sites (N-methyl/N-ethyl adjacent to an activating group) is 1. The van der Waals surface area contributed by atoms with Crippen LogP contribution in [-0.4, -0.2) is 45.9 Å². The highest BCUT2D eigenvalue weighted by atomic mass is 32.2. The Morgan fingerprint density at radius 3 is 2.38 bits per heavy atom. The van der Waals surface area contributed by atoms with Crippen molar-refractivity contribution in [2.75, 3.05) is 27.2 Å². The summed E-state index contributed by atoms with van der Waals surface area (Å²) in [7, 11) is 0.194. The number of rotatable bonds is 6. The van der Waals surface area contributed by atoms with Gasteiger partial charge in [0, 0.05) is 26.2 Å². The van der Waals surface area contributed by atoms with Gasteiger partial charge in [0.1, 0.15) is 0 Å². The van der Waals surface area contributed by atoms with Crippen molar-refractivity contribution in [1.29, 1.82) is 0 Å². The molecule has 0 saturated heterocycles. The van der Waals surface area contributed by atoms with Gasteiger partial charge in [0.05, 0.1) is 0 Å². The van der Waals surface area contributed by atoms with E-state index in [1.807, 2.05) is 0 Å². The molecule has 0 aromatic heterocycles. The van der Waals surface area contributed by atoms with E-state index in [2.05, 4.69) is 10.0 Å². The molecule has 0 amide bonds. The zero-order valence-electron chi connectivity index (χ0n) is 10.2. The summed E-state index contributed by atoms with van der Waals surface area (Å²) in [4.78, 5) is 0. The van der Waals surface area contributed by atoms with E-state index in [0.717, 1.165) is 25.7 Å². The Bertz CT molecular complexity index is 286. The van der Waals surface area contributed by atoms with Crippen molar-refractivity contribution in [2.24, 2.45) is 0 Å². The lowest BCUT2D eigenvalue weighted by atomic mass is 9.96. The third-order valence-corrected chi connectivity index (χ3v) is 4.75. The molecule has 0 spiro atoms. The first kappa shape index (κ1) is 13.9. The predicted molar refractivity (Wildman–Crippen MR) is 65.5 cm³/mol. The van der Waals surface area contributed by atoms with Crippen molar-refractivity contribution >= 4 is 10.2 Å². The van der Waals surface area contributed by atoms with Crippen molar-refractivity contribution in [3.05, 3.63) is 0 Å². The van der Waals surface area contributed by atoms with Crippen molar-refractivity contribution in [2.45, 2.75) is 38.1 Å². The van der Waals surface area contributed by atoms with Crippen LogP contribution in [0.1, 0.15) is 32.1 Å². The van der Waals surface area contributed by atoms with Gasteiger partial charge in [-0.15, -0.1) is 0 Å². The Morgan fingerprint density at radius 2 is 1.81 bits per heavy atom. The predicted octanol–water partition coefficient (Wildman–Crippen LogP) is 0.305. The molecule has 6 heteroatoms. The number of hydrogen-bond donors (Lipinski definition) is 2. The molecule has 0 aliphatic heterocycles. The Hall–Kier alpha value is -0.170. The minimum absolute atomic E-state index is 0.181. The first-order chi connectivity index (χ1) is 7.58. The van der Waals surface area contributed by atoms with Gasteiger partial charge in [-0.25, -0.2) is 4.72 Å². The molecule has 0 aromatic rings. The molecule has 0 unspecified atom stereocenters. The molecule has 2 N–H and O–H groups in total. The van der Waals surface area contributed by atoms with Gasteiger partial charge < -0.3 is 5.32 Å². The Labute approximate surface area is 98.8 Å². The van der Waals surface area contributed by atoms with Crippen LogP contribution >= 0.6 is 0 Å². The van der Waals surface area contributed by atoms with Crippen LogP contribution in [0.25, 0.3) is 0 Å². The summed E-state index contributed by atoms with van der Waals surface area (Å²) in [5, 5.41) is 2.91. The fourth-order valence-electron chi connectivity index (χ4n) is 2.05. The average molecular weight is 249 g/mol. The second-order valence-corrected chi connectivity index (χ2v) is 6.13. The molecule has 16 heavy (non-hydrogen) atoms. The smallest absolute Gasteiger partial charge is 0.279 e. The minimum Gasteiger partial charge on any atom is -0.318 e. The number of nitrogens with one attached hydrogen (secondary N) is 2. The molecule has 0 heterocycles. The van der Waals surface area contributed by atoms with Crippen molar-refractivity contribution in [3.8, 4) is 0 Å². The minimum atomic E-state index is -3.29. The Balaban J connectivity index is 2.46. The molecule has 1 saturated carbocycles. The molecular weight excluding hydrogens is 226 g/mol. The Morgan fingerprint density at radius 1 is 1.19 bits per heavy atom. The van der Waals surface area contributed by atoms with Gasteiger partial charge in [0.25, 0.3) is 10.2 Å². The molecule has 5 nitrogen and oxygen atoms in total. The summed E-state index contributed by atoms with van der Waals surface area (Å²) < 4.78 is 27.9. The van der Waals surface area contributed by atoms with Crippen LogP contribution in [0, 0.1) is 0 Å². The molecule has 1 rings (SSSR count). The van der Waals surface area contributed by atoms with Crippen LogP contribution in [-0.2, 0) is 10.2 Å². The van der Waals surface area contributed by atoms with E-state index in [1.54, 1.807) is 14.1 Å². The summed E-state index contributed by atoms with van der Waals surface area (Å²) >= 11 is 0. The fraction of sp³-hybridized carbons (Fsp3) is 1.00. The molecule has 0 bridgehead atoms. The summed E-state index contributed by atoms with van der Waals surface area (Å²) in [6, 6.07) is 0.181. The van der Waals surface area contributed by atoms with Crippen LogP contribution in [0.3, 0.4) is 0 Å². The first-order valence-electron chi connectivity index (χ1n) is 5.95. The summed E-state index contributed by atoms with van der Waals surface area (Å²) in [6.07, 6.45) is 5.49. The zero-order chi connectivity index (χ0) is 12.0. The Kier molecular flexibility index (Phi) is 5.68. The quantitative estimate of drug-likeness (QED) is 0.666. The highest BCUT2D eigenvalue weighted by molar-refractivity contribution is 7.87. The first-order valence-corrected chi connectivity index (χ1v) is 7.39. The highest BCUT2D eigenvalue weighted by Crippen LogP contribution is 2.22. The lowest BCUT2D eigenvalue weighted by Gasteiger charge is -2.30. The highest BCUT2D eigenvalue weighted by Gasteiger charge is 2.26. The van der Waals surface area contributed by atoms with Crippen molar-refractivity contribution in [1.82, 2.24) is 14.3 Å². The lowest BCUT2D eigenvalue weighted by molar-refractivity contribution is 0.283. The van der Waals surface area contributed by atoms with E-state index in [9.17, 15) is 8.42 Å². The maximum Gasteiger partial charge on any atom is 0.279 e. The van der Waals surface area contributed by atoms with Crippen LogP contribution < -0.4 is 10.0 Å². The molecule has 0 radical (unpaired) electrons. The van der Waals surface area contributed by atoms with E-state index in [4.69, 9.17) is 0 Å². The maximum atomic E-state index is 11.9. The zero-order valence-corrected chi connectivity index (χ0v) is 11.0. The SMILES string of the molecule is CNCCNS(=O)(=O)N(C)C1CCCCC1. The normalized spacial score (nSPS) is 19.2. The third-order valence-electron chi connectivity index (χ3n) is 3.13. The standard InChI is InChI=1S/C10H23N3O2S/c1-11-8-9-12-16(14,15)13(2)10-6-4-3-5-7-10/h10-12H,3-9H2,1-2H3. The van der Waals surface area contributed by atoms with E-state index in [-0.39, 0.29) is 6.04 Å². The fourth-order valence-corrected chi connectivity index (χ4v) is 3.21. The van der Waals surface area contributed by atoms with Crippen LogP contribution in [0.5, 0.6) is 0 Å². The number of nitrogens with zero attached hydrogens (tertiary/aromatic N) is 1. The van der Waals surface area contributed by atoms with Crippen LogP contribution in [0.2, 0.25) is 0 Å². The van der Waals surface area contributed by atoms with E-state index >= 15 is 0 Å². The number of hydrogen-bond acceptors (Lipinski definition) is 3. The van der Waals surface area contributed by atoms with Crippen LogP contribution in [0.4, 0.5) is 0 Å². The van der Waals surface area contributed by atoms with E-state index in [0.29, 0.717) is 13.1 Å². The second kappa shape index (κ2) is 6.54.